The zero-order valence-electron chi connectivity index (χ0n) is 12.8. The van der Waals surface area contributed by atoms with Gasteiger partial charge >= 0.3 is 0 Å². The molecule has 0 atom stereocenters. The molecular weight excluding hydrogens is 280 g/mol. The summed E-state index contributed by atoms with van der Waals surface area (Å²) in [6.07, 6.45) is 1.60. The summed E-state index contributed by atoms with van der Waals surface area (Å²) < 4.78 is 10.4. The minimum Gasteiger partial charge on any atom is -0.493 e. The van der Waals surface area contributed by atoms with Gasteiger partial charge in [-0.05, 0) is 35.9 Å². The van der Waals surface area contributed by atoms with Crippen LogP contribution in [0.25, 0.3) is 0 Å². The average molecular weight is 298 g/mol. The van der Waals surface area contributed by atoms with Crippen molar-refractivity contribution in [3.8, 4) is 11.5 Å². The van der Waals surface area contributed by atoms with Crippen LogP contribution in [-0.4, -0.2) is 38.4 Å². The molecule has 0 spiro atoms. The first-order chi connectivity index (χ1) is 10.7. The summed E-state index contributed by atoms with van der Waals surface area (Å²) >= 11 is 0. The Hall–Kier alpha value is -2.82. The molecule has 0 saturated carbocycles. The third-order valence-electron chi connectivity index (χ3n) is 3.10. The van der Waals surface area contributed by atoms with E-state index in [9.17, 15) is 4.79 Å². The van der Waals surface area contributed by atoms with E-state index >= 15 is 0 Å². The second kappa shape index (κ2) is 7.26. The molecule has 0 radical (unpaired) electrons. The number of benzene rings is 2. The molecule has 0 saturated heterocycles. The van der Waals surface area contributed by atoms with Gasteiger partial charge in [0, 0.05) is 12.6 Å². The van der Waals surface area contributed by atoms with E-state index in [0.717, 1.165) is 5.56 Å². The van der Waals surface area contributed by atoms with Crippen LogP contribution in [0, 0.1) is 0 Å². The molecule has 2 aromatic rings. The second-order valence-electron chi connectivity index (χ2n) is 4.55. The van der Waals surface area contributed by atoms with Gasteiger partial charge in [-0.25, -0.2) is 5.01 Å². The molecule has 0 aliphatic carbocycles. The van der Waals surface area contributed by atoms with Gasteiger partial charge in [-0.2, -0.15) is 5.10 Å². The van der Waals surface area contributed by atoms with E-state index in [-0.39, 0.29) is 5.91 Å². The van der Waals surface area contributed by atoms with Crippen molar-refractivity contribution in [2.45, 2.75) is 0 Å². The van der Waals surface area contributed by atoms with Crippen LogP contribution in [0.15, 0.2) is 53.6 Å². The molecule has 22 heavy (non-hydrogen) atoms. The van der Waals surface area contributed by atoms with Crippen LogP contribution in [-0.2, 0) is 0 Å². The van der Waals surface area contributed by atoms with E-state index in [0.29, 0.717) is 17.1 Å². The summed E-state index contributed by atoms with van der Waals surface area (Å²) in [6, 6.07) is 14.4. The number of rotatable bonds is 5. The number of methoxy groups -OCH3 is 2. The molecule has 5 heteroatoms. The van der Waals surface area contributed by atoms with Crippen molar-refractivity contribution < 1.29 is 14.3 Å². The van der Waals surface area contributed by atoms with Crippen molar-refractivity contribution in [3.63, 3.8) is 0 Å². The molecular formula is C17H18N2O3. The van der Waals surface area contributed by atoms with Crippen molar-refractivity contribution in [2.75, 3.05) is 21.3 Å². The first-order valence-electron chi connectivity index (χ1n) is 6.75. The maximum Gasteiger partial charge on any atom is 0.273 e. The fourth-order valence-electron chi connectivity index (χ4n) is 1.91. The van der Waals surface area contributed by atoms with Crippen LogP contribution in [0.3, 0.4) is 0 Å². The Morgan fingerprint density at radius 2 is 1.73 bits per heavy atom. The van der Waals surface area contributed by atoms with Crippen LogP contribution < -0.4 is 9.47 Å². The standard InChI is InChI=1S/C17H18N2O3/c1-19(17(20)14-7-5-4-6-8-14)18-12-13-9-10-15(21-2)16(11-13)22-3/h4-12H,1-3H3. The molecule has 0 aliphatic heterocycles. The highest BCUT2D eigenvalue weighted by Gasteiger charge is 2.09. The minimum atomic E-state index is -0.169. The molecule has 1 amide bonds. The van der Waals surface area contributed by atoms with Gasteiger partial charge in [0.2, 0.25) is 0 Å². The van der Waals surface area contributed by atoms with E-state index in [1.165, 1.54) is 5.01 Å². The monoisotopic (exact) mass is 298 g/mol. The fraction of sp³-hybridized carbons (Fsp3) is 0.176. The molecule has 114 valence electrons. The number of carbonyl (C=O) groups is 1. The van der Waals surface area contributed by atoms with Gasteiger partial charge in [-0.3, -0.25) is 4.79 Å². The predicted octanol–water partition coefficient (Wildman–Crippen LogP) is 2.81. The SMILES string of the molecule is COc1ccc(C=NN(C)C(=O)c2ccccc2)cc1OC. The summed E-state index contributed by atoms with van der Waals surface area (Å²) in [4.78, 5) is 12.2. The smallest absolute Gasteiger partial charge is 0.273 e. The molecule has 0 fully saturated rings. The summed E-state index contributed by atoms with van der Waals surface area (Å²) in [5.41, 5.74) is 1.40. The first-order valence-corrected chi connectivity index (χ1v) is 6.75. The first kappa shape index (κ1) is 15.6. The highest BCUT2D eigenvalue weighted by molar-refractivity contribution is 5.94. The van der Waals surface area contributed by atoms with Crippen molar-refractivity contribution in [2.24, 2.45) is 5.10 Å². The minimum absolute atomic E-state index is 0.169. The molecule has 2 rings (SSSR count). The molecule has 0 aromatic heterocycles. The van der Waals surface area contributed by atoms with Crippen molar-refractivity contribution in [1.29, 1.82) is 0 Å². The molecule has 0 unspecified atom stereocenters. The Bertz CT molecular complexity index is 669. The number of amides is 1. The van der Waals surface area contributed by atoms with Gasteiger partial charge < -0.3 is 9.47 Å². The Labute approximate surface area is 129 Å². The maximum atomic E-state index is 12.2. The van der Waals surface area contributed by atoms with Crippen molar-refractivity contribution in [3.05, 3.63) is 59.7 Å². The Morgan fingerprint density at radius 1 is 1.05 bits per heavy atom. The molecule has 0 N–H and O–H groups in total. The van der Waals surface area contributed by atoms with Gasteiger partial charge in [0.15, 0.2) is 11.5 Å². The summed E-state index contributed by atoms with van der Waals surface area (Å²) in [6.45, 7) is 0. The second-order valence-corrected chi connectivity index (χ2v) is 4.55. The normalized spacial score (nSPS) is 10.5. The Kier molecular flexibility index (Phi) is 5.14. The number of hydrogen-bond acceptors (Lipinski definition) is 4. The van der Waals surface area contributed by atoms with Gasteiger partial charge in [0.05, 0.1) is 20.4 Å². The van der Waals surface area contributed by atoms with E-state index in [1.807, 2.05) is 24.3 Å². The van der Waals surface area contributed by atoms with E-state index in [4.69, 9.17) is 9.47 Å². The van der Waals surface area contributed by atoms with Gasteiger partial charge in [0.25, 0.3) is 5.91 Å². The lowest BCUT2D eigenvalue weighted by atomic mass is 10.2. The van der Waals surface area contributed by atoms with Crippen molar-refractivity contribution >= 4 is 12.1 Å². The third-order valence-corrected chi connectivity index (χ3v) is 3.10. The number of ether oxygens (including phenoxy) is 2. The highest BCUT2D eigenvalue weighted by atomic mass is 16.5. The quantitative estimate of drug-likeness (QED) is 0.630. The third kappa shape index (κ3) is 3.63. The molecule has 5 nitrogen and oxygen atoms in total. The van der Waals surface area contributed by atoms with Gasteiger partial charge in [-0.15, -0.1) is 0 Å². The zero-order valence-corrected chi connectivity index (χ0v) is 12.8. The van der Waals surface area contributed by atoms with Crippen LogP contribution in [0.2, 0.25) is 0 Å². The maximum absolute atomic E-state index is 12.2. The Balaban J connectivity index is 2.13. The van der Waals surface area contributed by atoms with Crippen LogP contribution >= 0.6 is 0 Å². The van der Waals surface area contributed by atoms with Gasteiger partial charge in [-0.1, -0.05) is 18.2 Å². The summed E-state index contributed by atoms with van der Waals surface area (Å²) in [5, 5.41) is 5.46. The largest absolute Gasteiger partial charge is 0.493 e. The molecule has 0 aliphatic rings. The lowest BCUT2D eigenvalue weighted by molar-refractivity contribution is 0.0800. The Morgan fingerprint density at radius 3 is 2.36 bits per heavy atom. The van der Waals surface area contributed by atoms with Crippen molar-refractivity contribution in [1.82, 2.24) is 5.01 Å². The average Bonchev–Trinajstić information content (AvgIpc) is 2.59. The molecule has 0 bridgehead atoms. The highest BCUT2D eigenvalue weighted by Crippen LogP contribution is 2.26. The number of hydrogen-bond donors (Lipinski definition) is 0. The number of hydrazone groups is 1. The van der Waals surface area contributed by atoms with Crippen LogP contribution in [0.1, 0.15) is 15.9 Å². The topological polar surface area (TPSA) is 51.1 Å². The van der Waals surface area contributed by atoms with E-state index in [2.05, 4.69) is 5.10 Å². The van der Waals surface area contributed by atoms with E-state index < -0.39 is 0 Å². The summed E-state index contributed by atoms with van der Waals surface area (Å²) in [7, 11) is 4.77. The zero-order chi connectivity index (χ0) is 15.9. The van der Waals surface area contributed by atoms with Gasteiger partial charge in [0.1, 0.15) is 0 Å². The number of carbonyl (C=O) groups excluding carboxylic acids is 1. The van der Waals surface area contributed by atoms with Crippen LogP contribution in [0.5, 0.6) is 11.5 Å². The lowest BCUT2D eigenvalue weighted by Crippen LogP contribution is -2.21. The predicted molar refractivity (Wildman–Crippen MR) is 85.7 cm³/mol. The van der Waals surface area contributed by atoms with E-state index in [1.54, 1.807) is 51.7 Å². The molecule has 0 heterocycles. The molecule has 2 aromatic carbocycles. The fourth-order valence-corrected chi connectivity index (χ4v) is 1.91. The summed E-state index contributed by atoms with van der Waals surface area (Å²) in [5.74, 6) is 1.09. The van der Waals surface area contributed by atoms with Crippen LogP contribution in [0.4, 0.5) is 0 Å². The number of nitrogens with zero attached hydrogens (tertiary/aromatic N) is 2. The lowest BCUT2D eigenvalue weighted by Gasteiger charge is -2.11.